The second-order valence-electron chi connectivity index (χ2n) is 8.42. The van der Waals surface area contributed by atoms with Crippen molar-refractivity contribution in [2.24, 2.45) is 0 Å². The van der Waals surface area contributed by atoms with Crippen molar-refractivity contribution in [3.63, 3.8) is 0 Å². The highest BCUT2D eigenvalue weighted by molar-refractivity contribution is 5.94. The molecule has 2 aliphatic rings. The van der Waals surface area contributed by atoms with Gasteiger partial charge in [-0.15, -0.1) is 0 Å². The molecule has 1 unspecified atom stereocenters. The van der Waals surface area contributed by atoms with E-state index in [4.69, 9.17) is 14.6 Å². The Kier molecular flexibility index (Phi) is 6.80. The number of carbonyl (C=O) groups is 1. The molecule has 1 aromatic carbocycles. The maximum absolute atomic E-state index is 13.2. The molecule has 2 heterocycles. The van der Waals surface area contributed by atoms with Crippen molar-refractivity contribution in [3.05, 3.63) is 40.7 Å². The molecule has 1 aromatic heterocycles. The van der Waals surface area contributed by atoms with Crippen molar-refractivity contribution in [1.82, 2.24) is 20.0 Å². The van der Waals surface area contributed by atoms with E-state index in [0.717, 1.165) is 74.4 Å². The Morgan fingerprint density at radius 1 is 1.19 bits per heavy atom. The predicted molar refractivity (Wildman–Crippen MR) is 120 cm³/mol. The van der Waals surface area contributed by atoms with Crippen molar-refractivity contribution in [2.45, 2.75) is 64.6 Å². The van der Waals surface area contributed by atoms with Gasteiger partial charge in [0.25, 0.3) is 5.91 Å². The zero-order valence-corrected chi connectivity index (χ0v) is 18.9. The first-order chi connectivity index (χ1) is 15.2. The SMILES string of the molecule is CCn1nc(C(=O)N2CCCCC2)c2c1CCC(NCc1cccc(OC)c1OC)C2. The van der Waals surface area contributed by atoms with Gasteiger partial charge in [0.15, 0.2) is 17.2 Å². The highest BCUT2D eigenvalue weighted by atomic mass is 16.5. The maximum atomic E-state index is 13.2. The van der Waals surface area contributed by atoms with Gasteiger partial charge in [0, 0.05) is 49.0 Å². The summed E-state index contributed by atoms with van der Waals surface area (Å²) >= 11 is 0. The highest BCUT2D eigenvalue weighted by Crippen LogP contribution is 2.31. The van der Waals surface area contributed by atoms with Crippen LogP contribution in [0.1, 0.15) is 59.9 Å². The Labute approximate surface area is 184 Å². The predicted octanol–water partition coefficient (Wildman–Crippen LogP) is 3.19. The van der Waals surface area contributed by atoms with Gasteiger partial charge in [-0.25, -0.2) is 0 Å². The van der Waals surface area contributed by atoms with Gasteiger partial charge in [0.1, 0.15) is 0 Å². The number of piperidine rings is 1. The van der Waals surface area contributed by atoms with Crippen LogP contribution in [0.25, 0.3) is 0 Å². The number of rotatable bonds is 7. The number of methoxy groups -OCH3 is 2. The summed E-state index contributed by atoms with van der Waals surface area (Å²) in [4.78, 5) is 15.2. The molecule has 1 amide bonds. The number of likely N-dealkylation sites (tertiary alicyclic amines) is 1. The third-order valence-electron chi connectivity index (χ3n) is 6.56. The van der Waals surface area contributed by atoms with Crippen LogP contribution in [-0.4, -0.2) is 53.9 Å². The first-order valence-corrected chi connectivity index (χ1v) is 11.5. The van der Waals surface area contributed by atoms with Crippen molar-refractivity contribution in [2.75, 3.05) is 27.3 Å². The van der Waals surface area contributed by atoms with Crippen molar-refractivity contribution in [1.29, 1.82) is 0 Å². The molecule has 2 aromatic rings. The molecule has 0 saturated carbocycles. The summed E-state index contributed by atoms with van der Waals surface area (Å²) in [6.07, 6.45) is 6.20. The zero-order valence-electron chi connectivity index (χ0n) is 18.9. The summed E-state index contributed by atoms with van der Waals surface area (Å²) in [7, 11) is 3.33. The Hall–Kier alpha value is -2.54. The largest absolute Gasteiger partial charge is 0.493 e. The number of nitrogens with one attached hydrogen (secondary N) is 1. The lowest BCUT2D eigenvalue weighted by Gasteiger charge is -2.28. The van der Waals surface area contributed by atoms with Crippen LogP contribution in [0.2, 0.25) is 0 Å². The number of para-hydroxylation sites is 1. The molecule has 1 N–H and O–H groups in total. The molecule has 1 aliphatic heterocycles. The topological polar surface area (TPSA) is 68.6 Å². The van der Waals surface area contributed by atoms with E-state index in [1.165, 1.54) is 12.1 Å². The average molecular weight is 427 g/mol. The van der Waals surface area contributed by atoms with E-state index < -0.39 is 0 Å². The molecule has 168 valence electrons. The number of amides is 1. The van der Waals surface area contributed by atoms with Gasteiger partial charge < -0.3 is 19.7 Å². The first kappa shape index (κ1) is 21.7. The molecule has 0 bridgehead atoms. The van der Waals surface area contributed by atoms with E-state index in [9.17, 15) is 4.79 Å². The van der Waals surface area contributed by atoms with Crippen LogP contribution in [-0.2, 0) is 25.9 Å². The molecule has 1 saturated heterocycles. The van der Waals surface area contributed by atoms with E-state index in [1.54, 1.807) is 14.2 Å². The van der Waals surface area contributed by atoms with Crippen LogP contribution in [0.4, 0.5) is 0 Å². The van der Waals surface area contributed by atoms with Gasteiger partial charge in [0.05, 0.1) is 14.2 Å². The van der Waals surface area contributed by atoms with Crippen LogP contribution < -0.4 is 14.8 Å². The minimum atomic E-state index is 0.110. The third-order valence-corrected chi connectivity index (χ3v) is 6.56. The fraction of sp³-hybridized carbons (Fsp3) is 0.583. The van der Waals surface area contributed by atoms with Gasteiger partial charge in [-0.05, 0) is 51.5 Å². The lowest BCUT2D eigenvalue weighted by molar-refractivity contribution is 0.0716. The molecule has 1 aliphatic carbocycles. The molecule has 1 atom stereocenters. The molecule has 0 spiro atoms. The number of carbonyl (C=O) groups excluding carboxylic acids is 1. The fourth-order valence-electron chi connectivity index (χ4n) is 4.89. The van der Waals surface area contributed by atoms with E-state index in [-0.39, 0.29) is 5.91 Å². The molecular formula is C24H34N4O3. The average Bonchev–Trinajstić information content (AvgIpc) is 3.20. The Bertz CT molecular complexity index is 918. The van der Waals surface area contributed by atoms with Crippen LogP contribution >= 0.6 is 0 Å². The van der Waals surface area contributed by atoms with Gasteiger partial charge in [0.2, 0.25) is 0 Å². The molecule has 4 rings (SSSR count). The normalized spacial score (nSPS) is 18.5. The van der Waals surface area contributed by atoms with Crippen LogP contribution in [0.3, 0.4) is 0 Å². The minimum absolute atomic E-state index is 0.110. The second-order valence-corrected chi connectivity index (χ2v) is 8.42. The number of aryl methyl sites for hydroxylation is 1. The summed E-state index contributed by atoms with van der Waals surface area (Å²) in [5.74, 6) is 1.62. The van der Waals surface area contributed by atoms with E-state index in [0.29, 0.717) is 18.3 Å². The van der Waals surface area contributed by atoms with Gasteiger partial charge in [-0.2, -0.15) is 5.10 Å². The lowest BCUT2D eigenvalue weighted by Crippen LogP contribution is -2.38. The fourth-order valence-corrected chi connectivity index (χ4v) is 4.89. The maximum Gasteiger partial charge on any atom is 0.274 e. The van der Waals surface area contributed by atoms with Crippen molar-refractivity contribution < 1.29 is 14.3 Å². The Balaban J connectivity index is 1.50. The second kappa shape index (κ2) is 9.73. The molecule has 31 heavy (non-hydrogen) atoms. The Morgan fingerprint density at radius 3 is 2.71 bits per heavy atom. The van der Waals surface area contributed by atoms with Gasteiger partial charge in [-0.1, -0.05) is 12.1 Å². The number of nitrogens with zero attached hydrogens (tertiary/aromatic N) is 3. The summed E-state index contributed by atoms with van der Waals surface area (Å²) in [6, 6.07) is 6.25. The molecular weight excluding hydrogens is 392 g/mol. The first-order valence-electron chi connectivity index (χ1n) is 11.5. The lowest BCUT2D eigenvalue weighted by atomic mass is 9.90. The van der Waals surface area contributed by atoms with E-state index in [1.807, 2.05) is 21.7 Å². The number of hydrogen-bond acceptors (Lipinski definition) is 5. The standard InChI is InChI=1S/C24H34N4O3/c1-4-28-20-12-11-18(25-16-17-9-8-10-21(30-2)23(17)31-3)15-19(20)22(26-28)24(29)27-13-6-5-7-14-27/h8-10,18,25H,4-7,11-16H2,1-3H3. The van der Waals surface area contributed by atoms with E-state index in [2.05, 4.69) is 18.3 Å². The number of fused-ring (bicyclic) bond motifs is 1. The summed E-state index contributed by atoms with van der Waals surface area (Å²) in [6.45, 7) is 5.29. The summed E-state index contributed by atoms with van der Waals surface area (Å²) in [5, 5.41) is 8.43. The highest BCUT2D eigenvalue weighted by Gasteiger charge is 2.31. The summed E-state index contributed by atoms with van der Waals surface area (Å²) < 4.78 is 13.0. The molecule has 0 radical (unpaired) electrons. The van der Waals surface area contributed by atoms with Crippen molar-refractivity contribution >= 4 is 5.91 Å². The molecule has 1 fully saturated rings. The quantitative estimate of drug-likeness (QED) is 0.736. The van der Waals surface area contributed by atoms with Crippen LogP contribution in [0.15, 0.2) is 18.2 Å². The minimum Gasteiger partial charge on any atom is -0.493 e. The number of aromatic nitrogens is 2. The number of hydrogen-bond donors (Lipinski definition) is 1. The summed E-state index contributed by atoms with van der Waals surface area (Å²) in [5.41, 5.74) is 4.12. The zero-order chi connectivity index (χ0) is 21.8. The third kappa shape index (κ3) is 4.42. The Morgan fingerprint density at radius 2 is 2.00 bits per heavy atom. The smallest absolute Gasteiger partial charge is 0.274 e. The molecule has 7 heteroatoms. The van der Waals surface area contributed by atoms with E-state index >= 15 is 0 Å². The van der Waals surface area contributed by atoms with Crippen LogP contribution in [0.5, 0.6) is 11.5 Å². The van der Waals surface area contributed by atoms with Crippen LogP contribution in [0, 0.1) is 0 Å². The van der Waals surface area contributed by atoms with Gasteiger partial charge >= 0.3 is 0 Å². The monoisotopic (exact) mass is 426 g/mol. The van der Waals surface area contributed by atoms with Crippen molar-refractivity contribution in [3.8, 4) is 11.5 Å². The number of benzene rings is 1. The van der Waals surface area contributed by atoms with Gasteiger partial charge in [-0.3, -0.25) is 9.48 Å². The molecule has 7 nitrogen and oxygen atoms in total. The number of ether oxygens (including phenoxy) is 2.